The maximum Gasteiger partial charge on any atom is 0.271 e. The van der Waals surface area contributed by atoms with Crippen LogP contribution < -0.4 is 14.9 Å². The van der Waals surface area contributed by atoms with Gasteiger partial charge >= 0.3 is 0 Å². The first-order valence-electron chi connectivity index (χ1n) is 8.73. The molecule has 0 aliphatic rings. The van der Waals surface area contributed by atoms with Crippen molar-refractivity contribution >= 4 is 23.7 Å². The average molecular weight is 411 g/mol. The van der Waals surface area contributed by atoms with E-state index < -0.39 is 0 Å². The van der Waals surface area contributed by atoms with Crippen molar-refractivity contribution in [2.24, 2.45) is 5.10 Å². The van der Waals surface area contributed by atoms with E-state index in [4.69, 9.17) is 21.1 Å². The molecule has 148 valence electrons. The summed E-state index contributed by atoms with van der Waals surface area (Å²) in [6.45, 7) is 0.400. The van der Waals surface area contributed by atoms with Crippen molar-refractivity contribution in [3.05, 3.63) is 88.4 Å². The number of hydrogen-bond donors (Lipinski definition) is 2. The van der Waals surface area contributed by atoms with Crippen LogP contribution in [0.5, 0.6) is 17.2 Å². The number of carbonyl (C=O) groups excluding carboxylic acids is 1. The number of phenolic OH excluding ortho intramolecular Hbond substituents is 1. The van der Waals surface area contributed by atoms with E-state index in [0.29, 0.717) is 34.3 Å². The second-order valence-electron chi connectivity index (χ2n) is 6.06. The summed E-state index contributed by atoms with van der Waals surface area (Å²) in [6.07, 6.45) is 1.35. The van der Waals surface area contributed by atoms with Crippen LogP contribution in [0, 0.1) is 0 Å². The van der Waals surface area contributed by atoms with Crippen LogP contribution >= 0.6 is 11.6 Å². The van der Waals surface area contributed by atoms with Gasteiger partial charge in [-0.2, -0.15) is 5.10 Å². The fourth-order valence-electron chi connectivity index (χ4n) is 2.44. The Labute approximate surface area is 173 Å². The number of benzene rings is 3. The largest absolute Gasteiger partial charge is 0.507 e. The molecule has 1 amide bonds. The predicted molar refractivity (Wildman–Crippen MR) is 112 cm³/mol. The summed E-state index contributed by atoms with van der Waals surface area (Å²) in [5.41, 5.74) is 4.27. The van der Waals surface area contributed by atoms with Crippen LogP contribution in [0.4, 0.5) is 0 Å². The molecule has 0 atom stereocenters. The minimum absolute atomic E-state index is 0.0333. The minimum atomic E-state index is -0.382. The molecule has 0 radical (unpaired) electrons. The van der Waals surface area contributed by atoms with E-state index in [0.717, 1.165) is 5.56 Å². The number of methoxy groups -OCH3 is 1. The Balaban J connectivity index is 1.55. The number of aromatic hydroxyl groups is 1. The summed E-state index contributed by atoms with van der Waals surface area (Å²) in [5, 5.41) is 14.4. The van der Waals surface area contributed by atoms with Crippen molar-refractivity contribution in [1.29, 1.82) is 0 Å². The lowest BCUT2D eigenvalue weighted by atomic mass is 10.2. The second-order valence-corrected chi connectivity index (χ2v) is 6.50. The monoisotopic (exact) mass is 410 g/mol. The highest BCUT2D eigenvalue weighted by Crippen LogP contribution is 2.21. The van der Waals surface area contributed by atoms with Crippen LogP contribution in [-0.2, 0) is 6.61 Å². The van der Waals surface area contributed by atoms with Gasteiger partial charge in [-0.05, 0) is 60.2 Å². The molecule has 3 rings (SSSR count). The van der Waals surface area contributed by atoms with Crippen LogP contribution in [0.25, 0.3) is 0 Å². The number of halogens is 1. The molecular weight excluding hydrogens is 392 g/mol. The maximum absolute atomic E-state index is 12.2. The van der Waals surface area contributed by atoms with Gasteiger partial charge in [-0.15, -0.1) is 0 Å². The molecule has 3 aromatic carbocycles. The Kier molecular flexibility index (Phi) is 6.71. The first-order chi connectivity index (χ1) is 14.0. The standard InChI is InChI=1S/C22H19ClN2O4/c1-28-20-10-11-21(26)17(12-20)13-24-25-22(27)16-4-8-19(9-5-16)29-14-15-2-6-18(23)7-3-15/h2-13,26H,14H2,1H3,(H,25,27)/b24-13+. The van der Waals surface area contributed by atoms with Crippen LogP contribution in [0.3, 0.4) is 0 Å². The molecule has 0 aromatic heterocycles. The van der Waals surface area contributed by atoms with Gasteiger partial charge in [0.2, 0.25) is 0 Å². The number of rotatable bonds is 7. The highest BCUT2D eigenvalue weighted by molar-refractivity contribution is 6.30. The molecule has 2 N–H and O–H groups in total. The minimum Gasteiger partial charge on any atom is -0.507 e. The van der Waals surface area contributed by atoms with Crippen molar-refractivity contribution in [3.63, 3.8) is 0 Å². The van der Waals surface area contributed by atoms with Gasteiger partial charge in [-0.1, -0.05) is 23.7 Å². The summed E-state index contributed by atoms with van der Waals surface area (Å²) in [4.78, 5) is 12.2. The number of amides is 1. The van der Waals surface area contributed by atoms with E-state index in [1.807, 2.05) is 12.1 Å². The molecule has 29 heavy (non-hydrogen) atoms. The van der Waals surface area contributed by atoms with Crippen molar-refractivity contribution in [2.75, 3.05) is 7.11 Å². The lowest BCUT2D eigenvalue weighted by Gasteiger charge is -2.07. The second kappa shape index (κ2) is 9.61. The molecule has 0 spiro atoms. The third-order valence-electron chi connectivity index (χ3n) is 4.04. The van der Waals surface area contributed by atoms with E-state index in [2.05, 4.69) is 10.5 Å². The van der Waals surface area contributed by atoms with E-state index >= 15 is 0 Å². The van der Waals surface area contributed by atoms with Gasteiger partial charge in [0.25, 0.3) is 5.91 Å². The van der Waals surface area contributed by atoms with Crippen molar-refractivity contribution < 1.29 is 19.4 Å². The average Bonchev–Trinajstić information content (AvgIpc) is 2.75. The number of phenols is 1. The molecule has 0 saturated heterocycles. The lowest BCUT2D eigenvalue weighted by Crippen LogP contribution is -2.17. The van der Waals surface area contributed by atoms with Crippen molar-refractivity contribution in [2.45, 2.75) is 6.61 Å². The molecule has 0 aliphatic heterocycles. The first-order valence-corrected chi connectivity index (χ1v) is 9.10. The number of hydrogen-bond acceptors (Lipinski definition) is 5. The van der Waals surface area contributed by atoms with Gasteiger partial charge in [-0.25, -0.2) is 5.43 Å². The normalized spacial score (nSPS) is 10.7. The van der Waals surface area contributed by atoms with E-state index in [-0.39, 0.29) is 11.7 Å². The van der Waals surface area contributed by atoms with Crippen LogP contribution in [0.2, 0.25) is 5.02 Å². The van der Waals surface area contributed by atoms with Gasteiger partial charge in [0.05, 0.1) is 13.3 Å². The van der Waals surface area contributed by atoms with Gasteiger partial charge in [0, 0.05) is 16.1 Å². The molecule has 0 unspecified atom stereocenters. The summed E-state index contributed by atoms with van der Waals surface area (Å²) >= 11 is 5.86. The molecule has 7 heteroatoms. The zero-order valence-corrected chi connectivity index (χ0v) is 16.4. The summed E-state index contributed by atoms with van der Waals surface area (Å²) in [5.74, 6) is 0.866. The Hall–Kier alpha value is -3.51. The Morgan fingerprint density at radius 2 is 1.76 bits per heavy atom. The fraction of sp³-hybridized carbons (Fsp3) is 0.0909. The molecule has 3 aromatic rings. The third kappa shape index (κ3) is 5.73. The Morgan fingerprint density at radius 3 is 2.45 bits per heavy atom. The van der Waals surface area contributed by atoms with Gasteiger partial charge in [-0.3, -0.25) is 4.79 Å². The molecule has 0 fully saturated rings. The van der Waals surface area contributed by atoms with E-state index in [9.17, 15) is 9.90 Å². The SMILES string of the molecule is COc1ccc(O)c(/C=N/NC(=O)c2ccc(OCc3ccc(Cl)cc3)cc2)c1. The molecular formula is C22H19ClN2O4. The molecule has 0 saturated carbocycles. The number of carbonyl (C=O) groups is 1. The smallest absolute Gasteiger partial charge is 0.271 e. The van der Waals surface area contributed by atoms with Crippen molar-refractivity contribution in [1.82, 2.24) is 5.43 Å². The van der Waals surface area contributed by atoms with Gasteiger partial charge < -0.3 is 14.6 Å². The third-order valence-corrected chi connectivity index (χ3v) is 4.29. The highest BCUT2D eigenvalue weighted by atomic mass is 35.5. The number of nitrogens with one attached hydrogen (secondary N) is 1. The Morgan fingerprint density at radius 1 is 1.07 bits per heavy atom. The van der Waals surface area contributed by atoms with Crippen LogP contribution in [0.15, 0.2) is 71.8 Å². The quantitative estimate of drug-likeness (QED) is 0.447. The molecule has 0 bridgehead atoms. The van der Waals surface area contributed by atoms with Gasteiger partial charge in [0.1, 0.15) is 23.9 Å². The van der Waals surface area contributed by atoms with Gasteiger partial charge in [0.15, 0.2) is 0 Å². The van der Waals surface area contributed by atoms with E-state index in [1.54, 1.807) is 48.5 Å². The number of ether oxygens (including phenoxy) is 2. The zero-order valence-electron chi connectivity index (χ0n) is 15.6. The number of nitrogens with zero attached hydrogens (tertiary/aromatic N) is 1. The van der Waals surface area contributed by atoms with Crippen LogP contribution in [-0.4, -0.2) is 24.3 Å². The van der Waals surface area contributed by atoms with Crippen molar-refractivity contribution in [3.8, 4) is 17.2 Å². The Bertz CT molecular complexity index is 1000. The van der Waals surface area contributed by atoms with Crippen LogP contribution in [0.1, 0.15) is 21.5 Å². The first kappa shape index (κ1) is 20.2. The van der Waals surface area contributed by atoms with E-state index in [1.165, 1.54) is 19.4 Å². The summed E-state index contributed by atoms with van der Waals surface area (Å²) in [6, 6.07) is 18.8. The highest BCUT2D eigenvalue weighted by Gasteiger charge is 2.06. The summed E-state index contributed by atoms with van der Waals surface area (Å²) in [7, 11) is 1.53. The molecule has 0 heterocycles. The summed E-state index contributed by atoms with van der Waals surface area (Å²) < 4.78 is 10.8. The maximum atomic E-state index is 12.2. The lowest BCUT2D eigenvalue weighted by molar-refractivity contribution is 0.0955. The number of hydrazone groups is 1. The molecule has 6 nitrogen and oxygen atoms in total. The topological polar surface area (TPSA) is 80.2 Å². The fourth-order valence-corrected chi connectivity index (χ4v) is 2.56. The predicted octanol–water partition coefficient (Wildman–Crippen LogP) is 4.40. The molecule has 0 aliphatic carbocycles. The zero-order chi connectivity index (χ0) is 20.6.